The maximum atomic E-state index is 14.4. The van der Waals surface area contributed by atoms with Crippen LogP contribution < -0.4 is 25.2 Å². The first-order valence-corrected chi connectivity index (χ1v) is 14.7. The predicted octanol–water partition coefficient (Wildman–Crippen LogP) is 5.69. The van der Waals surface area contributed by atoms with Crippen molar-refractivity contribution < 1.29 is 23.5 Å². The van der Waals surface area contributed by atoms with Crippen molar-refractivity contribution in [2.24, 2.45) is 0 Å². The molecule has 0 saturated carbocycles. The summed E-state index contributed by atoms with van der Waals surface area (Å²) in [6.07, 6.45) is 0. The van der Waals surface area contributed by atoms with Crippen molar-refractivity contribution in [2.75, 3.05) is 30.5 Å². The van der Waals surface area contributed by atoms with Crippen LogP contribution in [0.4, 0.5) is 15.8 Å². The SMILES string of the molecule is CNC(C)C(=O)NC1CN(C(=O)c2ccc(F)cc2)c2cc(Cl)ccc2N(Cc2c(OC)ccc3cc(Br)ccc23)C1=O. The van der Waals surface area contributed by atoms with Crippen molar-refractivity contribution in [2.45, 2.75) is 25.6 Å². The molecule has 4 aromatic carbocycles. The number of hydrogen-bond acceptors (Lipinski definition) is 5. The number of hydrogen-bond donors (Lipinski definition) is 2. The van der Waals surface area contributed by atoms with E-state index in [4.69, 9.17) is 16.3 Å². The van der Waals surface area contributed by atoms with E-state index in [0.717, 1.165) is 20.8 Å². The van der Waals surface area contributed by atoms with Gasteiger partial charge in [-0.2, -0.15) is 0 Å². The molecule has 2 unspecified atom stereocenters. The molecule has 5 rings (SSSR count). The highest BCUT2D eigenvalue weighted by Gasteiger charge is 2.38. The van der Waals surface area contributed by atoms with Gasteiger partial charge in [-0.1, -0.05) is 39.7 Å². The molecule has 4 aromatic rings. The summed E-state index contributed by atoms with van der Waals surface area (Å²) in [6, 6.07) is 18.0. The molecule has 2 atom stereocenters. The number of amides is 3. The van der Waals surface area contributed by atoms with E-state index in [0.29, 0.717) is 22.1 Å². The van der Waals surface area contributed by atoms with Crippen LogP contribution in [0.5, 0.6) is 5.75 Å². The van der Waals surface area contributed by atoms with E-state index >= 15 is 0 Å². The van der Waals surface area contributed by atoms with Crippen LogP contribution in [0.2, 0.25) is 5.02 Å². The van der Waals surface area contributed by atoms with Gasteiger partial charge in [0.15, 0.2) is 0 Å². The first-order chi connectivity index (χ1) is 20.6. The number of rotatable bonds is 7. The molecule has 11 heteroatoms. The van der Waals surface area contributed by atoms with Gasteiger partial charge in [0.25, 0.3) is 11.8 Å². The van der Waals surface area contributed by atoms with Crippen LogP contribution in [-0.4, -0.2) is 50.5 Å². The lowest BCUT2D eigenvalue weighted by molar-refractivity contribution is -0.128. The molecule has 0 aliphatic carbocycles. The quantitative estimate of drug-likeness (QED) is 0.265. The summed E-state index contributed by atoms with van der Waals surface area (Å²) < 4.78 is 20.3. The lowest BCUT2D eigenvalue weighted by Gasteiger charge is -2.27. The van der Waals surface area contributed by atoms with Crippen molar-refractivity contribution in [1.29, 1.82) is 0 Å². The average molecular weight is 668 g/mol. The number of nitrogens with zero attached hydrogens (tertiary/aromatic N) is 2. The molecule has 1 aliphatic rings. The van der Waals surface area contributed by atoms with E-state index in [-0.39, 0.29) is 18.7 Å². The van der Waals surface area contributed by atoms with E-state index < -0.39 is 35.6 Å². The fourth-order valence-electron chi connectivity index (χ4n) is 5.10. The van der Waals surface area contributed by atoms with Crippen LogP contribution >= 0.6 is 27.5 Å². The van der Waals surface area contributed by atoms with Crippen molar-refractivity contribution >= 4 is 67.4 Å². The Morgan fingerprint density at radius 3 is 2.51 bits per heavy atom. The van der Waals surface area contributed by atoms with Crippen LogP contribution in [0, 0.1) is 5.82 Å². The number of halogens is 3. The first-order valence-electron chi connectivity index (χ1n) is 13.5. The largest absolute Gasteiger partial charge is 0.496 e. The van der Waals surface area contributed by atoms with Gasteiger partial charge in [0.1, 0.15) is 17.6 Å². The number of likely N-dealkylation sites (N-methyl/N-ethyl adjacent to an activating group) is 1. The van der Waals surface area contributed by atoms with Gasteiger partial charge in [-0.3, -0.25) is 14.4 Å². The predicted molar refractivity (Wildman–Crippen MR) is 169 cm³/mol. The average Bonchev–Trinajstić information content (AvgIpc) is 3.10. The Kier molecular flexibility index (Phi) is 9.00. The lowest BCUT2D eigenvalue weighted by atomic mass is 10.0. The van der Waals surface area contributed by atoms with Crippen molar-refractivity contribution in [3.05, 3.63) is 99.2 Å². The number of benzene rings is 4. The van der Waals surface area contributed by atoms with Gasteiger partial charge >= 0.3 is 0 Å². The Balaban J connectivity index is 1.68. The number of fused-ring (bicyclic) bond motifs is 2. The summed E-state index contributed by atoms with van der Waals surface area (Å²) in [4.78, 5) is 44.3. The van der Waals surface area contributed by atoms with Crippen LogP contribution in [0.3, 0.4) is 0 Å². The third-order valence-corrected chi connectivity index (χ3v) is 8.24. The molecule has 8 nitrogen and oxygen atoms in total. The van der Waals surface area contributed by atoms with Gasteiger partial charge in [-0.15, -0.1) is 0 Å². The molecule has 1 heterocycles. The smallest absolute Gasteiger partial charge is 0.258 e. The van der Waals surface area contributed by atoms with Crippen molar-refractivity contribution in [1.82, 2.24) is 10.6 Å². The maximum absolute atomic E-state index is 14.4. The third-order valence-electron chi connectivity index (χ3n) is 7.51. The highest BCUT2D eigenvalue weighted by atomic mass is 79.9. The molecule has 222 valence electrons. The molecule has 0 spiro atoms. The molecule has 3 amide bonds. The summed E-state index contributed by atoms with van der Waals surface area (Å²) in [6.45, 7) is 1.56. The number of carbonyl (C=O) groups is 3. The Hall–Kier alpha value is -3.99. The molecule has 0 aromatic heterocycles. The molecule has 0 bridgehead atoms. The van der Waals surface area contributed by atoms with Gasteiger partial charge in [0, 0.05) is 20.6 Å². The molecule has 0 fully saturated rings. The Morgan fingerprint density at radius 2 is 1.81 bits per heavy atom. The molecular weight excluding hydrogens is 639 g/mol. The Labute approximate surface area is 261 Å². The number of ether oxygens (including phenoxy) is 1. The first kappa shape index (κ1) is 30.5. The lowest BCUT2D eigenvalue weighted by Crippen LogP contribution is -2.55. The van der Waals surface area contributed by atoms with Crippen molar-refractivity contribution in [3.8, 4) is 5.75 Å². The number of nitrogens with one attached hydrogen (secondary N) is 2. The van der Waals surface area contributed by atoms with Gasteiger partial charge in [-0.25, -0.2) is 4.39 Å². The molecule has 1 aliphatic heterocycles. The van der Waals surface area contributed by atoms with E-state index in [1.807, 2.05) is 30.3 Å². The molecule has 0 radical (unpaired) electrons. The van der Waals surface area contributed by atoms with Crippen LogP contribution in [-0.2, 0) is 16.1 Å². The molecule has 2 N–H and O–H groups in total. The molecule has 0 saturated heterocycles. The standard InChI is InChI=1S/C32H29BrClFN4O4/c1-18(36-2)30(40)37-26-17-39(31(41)19-4-9-23(35)10-5-19)28-15-22(34)8-12-27(28)38(32(26)42)16-25-24-11-7-21(33)14-20(24)6-13-29(25)43-3/h4-15,18,26,36H,16-17H2,1-3H3,(H,37,40). The minimum Gasteiger partial charge on any atom is -0.496 e. The fraction of sp³-hybridized carbons (Fsp3) is 0.219. The van der Waals surface area contributed by atoms with Crippen LogP contribution in [0.1, 0.15) is 22.8 Å². The second-order valence-electron chi connectivity index (χ2n) is 10.2. The van der Waals surface area contributed by atoms with Crippen LogP contribution in [0.15, 0.2) is 77.3 Å². The molecular formula is C32H29BrClFN4O4. The van der Waals surface area contributed by atoms with Gasteiger partial charge < -0.3 is 25.2 Å². The van der Waals surface area contributed by atoms with Gasteiger partial charge in [0.05, 0.1) is 37.6 Å². The highest BCUT2D eigenvalue weighted by Crippen LogP contribution is 2.39. The second kappa shape index (κ2) is 12.7. The van der Waals surface area contributed by atoms with E-state index in [1.165, 1.54) is 34.1 Å². The Bertz CT molecular complexity index is 1720. The second-order valence-corrected chi connectivity index (χ2v) is 11.5. The van der Waals surface area contributed by atoms with Crippen molar-refractivity contribution in [3.63, 3.8) is 0 Å². The topological polar surface area (TPSA) is 91.0 Å². The number of anilines is 2. The zero-order valence-corrected chi connectivity index (χ0v) is 26.0. The fourth-order valence-corrected chi connectivity index (χ4v) is 5.65. The summed E-state index contributed by atoms with van der Waals surface area (Å²) in [5.41, 5.74) is 1.74. The minimum atomic E-state index is -1.12. The zero-order chi connectivity index (χ0) is 30.8. The maximum Gasteiger partial charge on any atom is 0.258 e. The highest BCUT2D eigenvalue weighted by molar-refractivity contribution is 9.10. The van der Waals surface area contributed by atoms with E-state index in [2.05, 4.69) is 26.6 Å². The van der Waals surface area contributed by atoms with Crippen LogP contribution in [0.25, 0.3) is 10.8 Å². The van der Waals surface area contributed by atoms with E-state index in [1.54, 1.807) is 39.3 Å². The van der Waals surface area contributed by atoms with E-state index in [9.17, 15) is 18.8 Å². The summed E-state index contributed by atoms with van der Waals surface area (Å²) in [7, 11) is 3.20. The van der Waals surface area contributed by atoms with Gasteiger partial charge in [-0.05, 0) is 85.4 Å². The summed E-state index contributed by atoms with van der Waals surface area (Å²) >= 11 is 9.96. The monoisotopic (exact) mass is 666 g/mol. The summed E-state index contributed by atoms with van der Waals surface area (Å²) in [5, 5.41) is 7.86. The third kappa shape index (κ3) is 6.22. The molecule has 43 heavy (non-hydrogen) atoms. The van der Waals surface area contributed by atoms with Gasteiger partial charge in [0.2, 0.25) is 5.91 Å². The Morgan fingerprint density at radius 1 is 1.07 bits per heavy atom. The normalized spacial score (nSPS) is 15.6. The minimum absolute atomic E-state index is 0.0716. The zero-order valence-electron chi connectivity index (χ0n) is 23.7. The number of methoxy groups -OCH3 is 1. The number of carbonyl (C=O) groups excluding carboxylic acids is 3. The summed E-state index contributed by atoms with van der Waals surface area (Å²) in [5.74, 6) is -1.23.